The van der Waals surface area contributed by atoms with Gasteiger partial charge in [-0.05, 0) is 43.3 Å². The molecule has 0 radical (unpaired) electrons. The van der Waals surface area contributed by atoms with Crippen LogP contribution in [0.25, 0.3) is 0 Å². The lowest BCUT2D eigenvalue weighted by Crippen LogP contribution is -2.37. The molecule has 0 bridgehead atoms. The average Bonchev–Trinajstić information content (AvgIpc) is 2.97. The molecule has 1 fully saturated rings. The van der Waals surface area contributed by atoms with Crippen LogP contribution in [-0.4, -0.2) is 43.6 Å². The van der Waals surface area contributed by atoms with Crippen LogP contribution in [-0.2, 0) is 4.79 Å². The van der Waals surface area contributed by atoms with Crippen LogP contribution in [0.1, 0.15) is 5.56 Å². The van der Waals surface area contributed by atoms with Crippen LogP contribution in [0.5, 0.6) is 5.75 Å². The highest BCUT2D eigenvalue weighted by Gasteiger charge is 2.30. The maximum absolute atomic E-state index is 12.5. The number of carbonyl (C=O) groups is 2. The van der Waals surface area contributed by atoms with Gasteiger partial charge >= 0.3 is 6.03 Å². The third-order valence-corrected chi connectivity index (χ3v) is 4.15. The third kappa shape index (κ3) is 3.91. The summed E-state index contributed by atoms with van der Waals surface area (Å²) >= 11 is 0. The number of benzene rings is 2. The Labute approximate surface area is 147 Å². The van der Waals surface area contributed by atoms with Crippen molar-refractivity contribution in [3.05, 3.63) is 54.1 Å². The number of amides is 3. The van der Waals surface area contributed by atoms with E-state index in [-0.39, 0.29) is 18.5 Å². The van der Waals surface area contributed by atoms with E-state index in [2.05, 4.69) is 5.32 Å². The molecule has 0 aliphatic carbocycles. The molecule has 0 saturated carbocycles. The molecule has 0 unspecified atom stereocenters. The van der Waals surface area contributed by atoms with Gasteiger partial charge < -0.3 is 15.0 Å². The normalized spacial score (nSPS) is 13.9. The Morgan fingerprint density at radius 3 is 2.40 bits per heavy atom. The van der Waals surface area contributed by atoms with E-state index < -0.39 is 0 Å². The Balaban J connectivity index is 1.58. The van der Waals surface area contributed by atoms with Crippen molar-refractivity contribution >= 4 is 23.3 Å². The fourth-order valence-corrected chi connectivity index (χ4v) is 2.74. The van der Waals surface area contributed by atoms with Gasteiger partial charge in [0.05, 0.1) is 7.11 Å². The largest absolute Gasteiger partial charge is 0.497 e. The van der Waals surface area contributed by atoms with Gasteiger partial charge in [-0.3, -0.25) is 9.69 Å². The number of methoxy groups -OCH3 is 1. The number of ether oxygens (including phenoxy) is 1. The number of carbonyl (C=O) groups excluding carboxylic acids is 2. The van der Waals surface area contributed by atoms with Crippen molar-refractivity contribution in [3.63, 3.8) is 0 Å². The first kappa shape index (κ1) is 16.8. The molecule has 1 aliphatic rings. The maximum atomic E-state index is 12.5. The monoisotopic (exact) mass is 339 g/mol. The van der Waals surface area contributed by atoms with Gasteiger partial charge in [-0.15, -0.1) is 0 Å². The summed E-state index contributed by atoms with van der Waals surface area (Å²) < 4.78 is 5.09. The highest BCUT2D eigenvalue weighted by atomic mass is 16.5. The summed E-state index contributed by atoms with van der Waals surface area (Å²) in [5.74, 6) is 0.505. The second-order valence-electron chi connectivity index (χ2n) is 5.97. The van der Waals surface area contributed by atoms with Gasteiger partial charge in [0, 0.05) is 24.5 Å². The van der Waals surface area contributed by atoms with E-state index in [0.717, 1.165) is 17.0 Å². The van der Waals surface area contributed by atoms with E-state index in [1.165, 1.54) is 0 Å². The van der Waals surface area contributed by atoms with Crippen molar-refractivity contribution in [2.45, 2.75) is 6.92 Å². The lowest BCUT2D eigenvalue weighted by Gasteiger charge is -2.18. The summed E-state index contributed by atoms with van der Waals surface area (Å²) in [6.07, 6.45) is 0. The Morgan fingerprint density at radius 1 is 1.08 bits per heavy atom. The van der Waals surface area contributed by atoms with Crippen molar-refractivity contribution in [3.8, 4) is 5.75 Å². The van der Waals surface area contributed by atoms with Gasteiger partial charge in [-0.1, -0.05) is 17.7 Å². The molecule has 0 aromatic heterocycles. The summed E-state index contributed by atoms with van der Waals surface area (Å²) in [4.78, 5) is 28.0. The molecule has 1 heterocycles. The minimum absolute atomic E-state index is 0.0349. The summed E-state index contributed by atoms with van der Waals surface area (Å²) in [5, 5.41) is 2.80. The van der Waals surface area contributed by atoms with E-state index >= 15 is 0 Å². The Morgan fingerprint density at radius 2 is 1.76 bits per heavy atom. The molecule has 0 spiro atoms. The number of hydrogen-bond acceptors (Lipinski definition) is 3. The van der Waals surface area contributed by atoms with Gasteiger partial charge in [-0.25, -0.2) is 4.79 Å². The maximum Gasteiger partial charge on any atom is 0.325 e. The lowest BCUT2D eigenvalue weighted by atomic mass is 10.2. The molecule has 1 aliphatic heterocycles. The van der Waals surface area contributed by atoms with Gasteiger partial charge in [0.25, 0.3) is 0 Å². The smallest absolute Gasteiger partial charge is 0.325 e. The second kappa shape index (κ2) is 7.25. The van der Waals surface area contributed by atoms with Crippen LogP contribution in [0, 0.1) is 6.92 Å². The van der Waals surface area contributed by atoms with E-state index in [9.17, 15) is 9.59 Å². The number of urea groups is 1. The average molecular weight is 339 g/mol. The van der Waals surface area contributed by atoms with Crippen LogP contribution >= 0.6 is 0 Å². The Bertz CT molecular complexity index is 756. The Hall–Kier alpha value is -3.02. The molecule has 2 aromatic carbocycles. The molecule has 130 valence electrons. The van der Waals surface area contributed by atoms with E-state index in [1.807, 2.05) is 31.2 Å². The zero-order valence-electron chi connectivity index (χ0n) is 14.4. The number of aryl methyl sites for hydroxylation is 1. The first-order chi connectivity index (χ1) is 12.1. The van der Waals surface area contributed by atoms with Gasteiger partial charge in [0.1, 0.15) is 12.3 Å². The number of nitrogens with one attached hydrogen (secondary N) is 1. The topological polar surface area (TPSA) is 61.9 Å². The summed E-state index contributed by atoms with van der Waals surface area (Å²) in [6.45, 7) is 3.15. The molecule has 2 aromatic rings. The number of nitrogens with zero attached hydrogens (tertiary/aromatic N) is 2. The molecule has 6 heteroatoms. The highest BCUT2D eigenvalue weighted by Crippen LogP contribution is 2.21. The summed E-state index contributed by atoms with van der Waals surface area (Å²) in [6, 6.07) is 14.7. The van der Waals surface area contributed by atoms with E-state index in [1.54, 1.807) is 41.2 Å². The Kier molecular flexibility index (Phi) is 4.88. The van der Waals surface area contributed by atoms with Gasteiger partial charge in [0.15, 0.2) is 0 Å². The number of hydrogen-bond donors (Lipinski definition) is 1. The fourth-order valence-electron chi connectivity index (χ4n) is 2.74. The summed E-state index contributed by atoms with van der Waals surface area (Å²) in [7, 11) is 1.59. The van der Waals surface area contributed by atoms with Crippen molar-refractivity contribution in [2.75, 3.05) is 37.0 Å². The van der Waals surface area contributed by atoms with Crippen molar-refractivity contribution in [1.82, 2.24) is 4.90 Å². The highest BCUT2D eigenvalue weighted by molar-refractivity contribution is 5.99. The molecule has 25 heavy (non-hydrogen) atoms. The van der Waals surface area contributed by atoms with Crippen LogP contribution in [0.4, 0.5) is 16.2 Å². The quantitative estimate of drug-likeness (QED) is 0.911. The molecule has 0 atom stereocenters. The van der Waals surface area contributed by atoms with Crippen LogP contribution in [0.3, 0.4) is 0 Å². The van der Waals surface area contributed by atoms with Crippen molar-refractivity contribution in [2.24, 2.45) is 0 Å². The predicted molar refractivity (Wildman–Crippen MR) is 97.1 cm³/mol. The second-order valence-corrected chi connectivity index (χ2v) is 5.97. The predicted octanol–water partition coefficient (Wildman–Crippen LogP) is 2.88. The molecule has 1 saturated heterocycles. The first-order valence-electron chi connectivity index (χ1n) is 8.14. The van der Waals surface area contributed by atoms with Gasteiger partial charge in [0.2, 0.25) is 5.91 Å². The molecule has 3 rings (SSSR count). The minimum Gasteiger partial charge on any atom is -0.497 e. The summed E-state index contributed by atoms with van der Waals surface area (Å²) in [5.41, 5.74) is 2.67. The molecular formula is C19H21N3O3. The zero-order chi connectivity index (χ0) is 17.8. The minimum atomic E-state index is -0.218. The van der Waals surface area contributed by atoms with Crippen molar-refractivity contribution < 1.29 is 14.3 Å². The van der Waals surface area contributed by atoms with Crippen molar-refractivity contribution in [1.29, 1.82) is 0 Å². The zero-order valence-corrected chi connectivity index (χ0v) is 14.4. The van der Waals surface area contributed by atoms with Crippen LogP contribution in [0.2, 0.25) is 0 Å². The third-order valence-electron chi connectivity index (χ3n) is 4.15. The van der Waals surface area contributed by atoms with Crippen LogP contribution < -0.4 is 15.0 Å². The number of anilines is 2. The van der Waals surface area contributed by atoms with Crippen LogP contribution in [0.15, 0.2) is 48.5 Å². The van der Waals surface area contributed by atoms with Gasteiger partial charge in [-0.2, -0.15) is 0 Å². The van der Waals surface area contributed by atoms with E-state index in [0.29, 0.717) is 18.8 Å². The standard InChI is InChI=1S/C19H21N3O3/c1-14-3-7-16(8-4-14)22-12-11-21(19(22)24)13-18(23)20-15-5-9-17(25-2)10-6-15/h3-10H,11-13H2,1-2H3,(H,20,23). The lowest BCUT2D eigenvalue weighted by molar-refractivity contribution is -0.116. The first-order valence-corrected chi connectivity index (χ1v) is 8.14. The molecule has 6 nitrogen and oxygen atoms in total. The number of rotatable bonds is 5. The molecular weight excluding hydrogens is 318 g/mol. The SMILES string of the molecule is COc1ccc(NC(=O)CN2CCN(c3ccc(C)cc3)C2=O)cc1. The fraction of sp³-hybridized carbons (Fsp3) is 0.263. The molecule has 3 amide bonds. The molecule has 1 N–H and O–H groups in total. The van der Waals surface area contributed by atoms with E-state index in [4.69, 9.17) is 4.74 Å².